The lowest BCUT2D eigenvalue weighted by molar-refractivity contribution is 0.226. The van der Waals surface area contributed by atoms with Crippen LogP contribution in [-0.2, 0) is 0 Å². The smallest absolute Gasteiger partial charge is 0.226 e. The number of benzene rings is 1. The highest BCUT2D eigenvalue weighted by atomic mass is 35.5. The van der Waals surface area contributed by atoms with Gasteiger partial charge in [-0.05, 0) is 57.1 Å². The Labute approximate surface area is 158 Å². The Kier molecular flexibility index (Phi) is 5.90. The van der Waals surface area contributed by atoms with Crippen molar-refractivity contribution in [3.63, 3.8) is 0 Å². The summed E-state index contributed by atoms with van der Waals surface area (Å²) in [6.07, 6.45) is 3.66. The van der Waals surface area contributed by atoms with E-state index in [1.807, 2.05) is 0 Å². The number of hydrogen-bond donors (Lipinski definition) is 3. The van der Waals surface area contributed by atoms with Crippen LogP contribution >= 0.6 is 11.6 Å². The first-order valence-corrected chi connectivity index (χ1v) is 8.96. The first kappa shape index (κ1) is 18.4. The summed E-state index contributed by atoms with van der Waals surface area (Å²) in [5.41, 5.74) is 6.35. The molecular weight excluding hydrogens is 352 g/mol. The fourth-order valence-corrected chi connectivity index (χ4v) is 3.14. The molecule has 2 heterocycles. The number of nitrogens with one attached hydrogen (secondary N) is 2. The van der Waals surface area contributed by atoms with Gasteiger partial charge in [0.05, 0.1) is 0 Å². The van der Waals surface area contributed by atoms with E-state index in [0.29, 0.717) is 28.1 Å². The Hall–Kier alpha value is -2.38. The average molecular weight is 375 g/mol. The van der Waals surface area contributed by atoms with Gasteiger partial charge in [-0.3, -0.25) is 5.41 Å². The highest BCUT2D eigenvalue weighted by Gasteiger charge is 2.20. The average Bonchev–Trinajstić information content (AvgIpc) is 2.61. The highest BCUT2D eigenvalue weighted by molar-refractivity contribution is 6.30. The molecule has 1 fully saturated rings. The summed E-state index contributed by atoms with van der Waals surface area (Å²) in [6, 6.07) is 6.87. The van der Waals surface area contributed by atoms with Crippen LogP contribution in [0.3, 0.4) is 0 Å². The van der Waals surface area contributed by atoms with Gasteiger partial charge in [0.15, 0.2) is 0 Å². The molecule has 0 atom stereocenters. The van der Waals surface area contributed by atoms with E-state index in [-0.39, 0.29) is 11.7 Å². The van der Waals surface area contributed by atoms with Gasteiger partial charge in [-0.1, -0.05) is 17.7 Å². The number of piperidine rings is 1. The zero-order valence-corrected chi connectivity index (χ0v) is 15.5. The molecule has 0 bridgehead atoms. The third-order valence-corrected chi connectivity index (χ3v) is 4.75. The number of ether oxygens (including phenoxy) is 1. The van der Waals surface area contributed by atoms with Crippen molar-refractivity contribution in [2.45, 2.75) is 12.8 Å². The third kappa shape index (κ3) is 4.62. The van der Waals surface area contributed by atoms with Crippen molar-refractivity contribution in [2.24, 2.45) is 5.92 Å². The van der Waals surface area contributed by atoms with Crippen molar-refractivity contribution in [2.75, 3.05) is 37.7 Å². The van der Waals surface area contributed by atoms with Crippen LogP contribution in [-0.4, -0.2) is 47.4 Å². The van der Waals surface area contributed by atoms with Gasteiger partial charge in [-0.2, -0.15) is 0 Å². The second-order valence-corrected chi connectivity index (χ2v) is 6.94. The van der Waals surface area contributed by atoms with Crippen LogP contribution in [0.15, 0.2) is 30.6 Å². The number of nitrogens with two attached hydrogens (primary N) is 1. The quantitative estimate of drug-likeness (QED) is 0.549. The Bertz CT molecular complexity index is 776. The summed E-state index contributed by atoms with van der Waals surface area (Å²) in [6.45, 7) is 2.97. The number of nitrogen functional groups attached to an aromatic ring is 1. The normalized spacial score (nSPS) is 15.6. The van der Waals surface area contributed by atoms with Gasteiger partial charge < -0.3 is 20.7 Å². The molecule has 0 radical (unpaired) electrons. The molecule has 1 aliphatic rings. The van der Waals surface area contributed by atoms with Crippen LogP contribution in [0.1, 0.15) is 18.4 Å². The molecule has 7 nitrogen and oxygen atoms in total. The predicted octanol–water partition coefficient (Wildman–Crippen LogP) is 2.87. The maximum absolute atomic E-state index is 8.30. The van der Waals surface area contributed by atoms with E-state index in [1.54, 1.807) is 24.3 Å². The van der Waals surface area contributed by atoms with Crippen LogP contribution in [0.4, 0.5) is 11.6 Å². The molecule has 0 unspecified atom stereocenters. The van der Waals surface area contributed by atoms with Crippen LogP contribution in [0, 0.1) is 11.3 Å². The topological polar surface area (TPSA) is 100 Å². The molecule has 4 N–H and O–H groups in total. The van der Waals surface area contributed by atoms with Gasteiger partial charge in [0.25, 0.3) is 0 Å². The van der Waals surface area contributed by atoms with E-state index < -0.39 is 0 Å². The number of halogens is 1. The monoisotopic (exact) mass is 374 g/mol. The van der Waals surface area contributed by atoms with Crippen LogP contribution in [0.2, 0.25) is 5.02 Å². The number of hydrogen-bond acceptors (Lipinski definition) is 7. The SMILES string of the molecule is CN1CCC(CNc2ncnc(N)c2C(=N)Oc2cccc(Cl)c2)CC1. The van der Waals surface area contributed by atoms with Crippen LogP contribution in [0.5, 0.6) is 5.75 Å². The fraction of sp³-hybridized carbons (Fsp3) is 0.389. The Morgan fingerprint density at radius 1 is 1.38 bits per heavy atom. The number of aromatic nitrogens is 2. The van der Waals surface area contributed by atoms with Gasteiger partial charge >= 0.3 is 0 Å². The summed E-state index contributed by atoms with van der Waals surface area (Å²) in [4.78, 5) is 10.6. The predicted molar refractivity (Wildman–Crippen MR) is 104 cm³/mol. The number of nitrogens with zero attached hydrogens (tertiary/aromatic N) is 3. The molecule has 3 rings (SSSR count). The van der Waals surface area contributed by atoms with E-state index in [2.05, 4.69) is 27.2 Å². The first-order valence-electron chi connectivity index (χ1n) is 8.58. The lowest BCUT2D eigenvalue weighted by Crippen LogP contribution is -2.33. The fourth-order valence-electron chi connectivity index (χ4n) is 2.96. The largest absolute Gasteiger partial charge is 0.439 e. The molecule has 1 aromatic heterocycles. The molecule has 0 spiro atoms. The van der Waals surface area contributed by atoms with Gasteiger partial charge in [-0.25, -0.2) is 9.97 Å². The highest BCUT2D eigenvalue weighted by Crippen LogP contribution is 2.24. The zero-order valence-electron chi connectivity index (χ0n) is 14.7. The Balaban J connectivity index is 1.71. The van der Waals surface area contributed by atoms with Crippen molar-refractivity contribution in [3.8, 4) is 5.75 Å². The Morgan fingerprint density at radius 2 is 2.15 bits per heavy atom. The van der Waals surface area contributed by atoms with Gasteiger partial charge in [-0.15, -0.1) is 0 Å². The maximum atomic E-state index is 8.30. The summed E-state index contributed by atoms with van der Waals surface area (Å²) in [7, 11) is 2.14. The van der Waals surface area contributed by atoms with Crippen molar-refractivity contribution < 1.29 is 4.74 Å². The van der Waals surface area contributed by atoms with Crippen LogP contribution in [0.25, 0.3) is 0 Å². The zero-order chi connectivity index (χ0) is 18.5. The molecule has 0 amide bonds. The molecule has 1 aliphatic heterocycles. The van der Waals surface area contributed by atoms with Crippen molar-refractivity contribution >= 4 is 29.1 Å². The lowest BCUT2D eigenvalue weighted by Gasteiger charge is -2.29. The summed E-state index contributed by atoms with van der Waals surface area (Å²) in [5, 5.41) is 12.2. The Morgan fingerprint density at radius 3 is 2.88 bits per heavy atom. The van der Waals surface area contributed by atoms with E-state index in [1.165, 1.54) is 6.33 Å². The molecule has 26 heavy (non-hydrogen) atoms. The molecule has 0 saturated carbocycles. The maximum Gasteiger partial charge on any atom is 0.226 e. The van der Waals surface area contributed by atoms with E-state index in [9.17, 15) is 0 Å². The standard InChI is InChI=1S/C18H23ClN6O/c1-25-7-5-12(6-8-25)10-22-18-15(16(20)23-11-24-18)17(21)26-14-4-2-3-13(19)9-14/h2-4,9,11-12,21H,5-8,10H2,1H3,(H3,20,22,23,24). The molecule has 2 aromatic rings. The molecule has 1 aromatic carbocycles. The van der Waals surface area contributed by atoms with Gasteiger partial charge in [0.1, 0.15) is 29.3 Å². The summed E-state index contributed by atoms with van der Waals surface area (Å²) < 4.78 is 5.60. The minimum Gasteiger partial charge on any atom is -0.439 e. The number of anilines is 2. The minimum atomic E-state index is -0.115. The molecule has 0 aliphatic carbocycles. The van der Waals surface area contributed by atoms with Crippen LogP contribution < -0.4 is 15.8 Å². The number of likely N-dealkylation sites (tertiary alicyclic amines) is 1. The molecular formula is C18H23ClN6O. The van der Waals surface area contributed by atoms with Gasteiger partial charge in [0.2, 0.25) is 5.90 Å². The molecule has 8 heteroatoms. The van der Waals surface area contributed by atoms with E-state index in [0.717, 1.165) is 32.5 Å². The van der Waals surface area contributed by atoms with Gasteiger partial charge in [0, 0.05) is 11.6 Å². The first-order chi connectivity index (χ1) is 12.5. The summed E-state index contributed by atoms with van der Waals surface area (Å²) >= 11 is 5.97. The van der Waals surface area contributed by atoms with Crippen molar-refractivity contribution in [1.29, 1.82) is 5.41 Å². The molecule has 138 valence electrons. The molecule has 1 saturated heterocycles. The lowest BCUT2D eigenvalue weighted by atomic mass is 9.97. The summed E-state index contributed by atoms with van der Waals surface area (Å²) in [5.74, 6) is 1.64. The third-order valence-electron chi connectivity index (χ3n) is 4.52. The van der Waals surface area contributed by atoms with Crippen molar-refractivity contribution in [3.05, 3.63) is 41.2 Å². The van der Waals surface area contributed by atoms with E-state index in [4.69, 9.17) is 27.5 Å². The number of rotatable bonds is 5. The second kappa shape index (κ2) is 8.33. The minimum absolute atomic E-state index is 0.115. The second-order valence-electron chi connectivity index (χ2n) is 6.50. The van der Waals surface area contributed by atoms with Crippen molar-refractivity contribution in [1.82, 2.24) is 14.9 Å². The van der Waals surface area contributed by atoms with E-state index >= 15 is 0 Å².